The third kappa shape index (κ3) is 2.15. The zero-order chi connectivity index (χ0) is 7.40. The van der Waals surface area contributed by atoms with Crippen LogP contribution in [0.3, 0.4) is 0 Å². The summed E-state index contributed by atoms with van der Waals surface area (Å²) in [5.74, 6) is 0. The Morgan fingerprint density at radius 3 is 2.90 bits per heavy atom. The van der Waals surface area contributed by atoms with Crippen LogP contribution in [0.25, 0.3) is 0 Å². The van der Waals surface area contributed by atoms with E-state index in [0.717, 1.165) is 6.42 Å². The molecule has 0 aromatic heterocycles. The summed E-state index contributed by atoms with van der Waals surface area (Å²) in [5, 5.41) is 0.222. The lowest BCUT2D eigenvalue weighted by molar-refractivity contribution is -0.0874. The van der Waals surface area contributed by atoms with E-state index in [1.54, 1.807) is 0 Å². The molecule has 0 aliphatic carbocycles. The van der Waals surface area contributed by atoms with Crippen molar-refractivity contribution in [3.05, 3.63) is 6.92 Å². The second-order valence-corrected chi connectivity index (χ2v) is 3.00. The molecule has 2 atom stereocenters. The SMILES string of the molecule is [CH2]CC(S)C1COCCO1. The molecule has 0 bridgehead atoms. The van der Waals surface area contributed by atoms with Gasteiger partial charge in [-0.2, -0.15) is 12.6 Å². The van der Waals surface area contributed by atoms with Gasteiger partial charge in [0.1, 0.15) is 0 Å². The minimum atomic E-state index is 0.148. The Morgan fingerprint density at radius 2 is 2.40 bits per heavy atom. The molecule has 0 aromatic rings. The summed E-state index contributed by atoms with van der Waals surface area (Å²) in [4.78, 5) is 0. The lowest BCUT2D eigenvalue weighted by Crippen LogP contribution is -2.35. The van der Waals surface area contributed by atoms with Crippen LogP contribution in [0.15, 0.2) is 0 Å². The Labute approximate surface area is 67.3 Å². The predicted octanol–water partition coefficient (Wildman–Crippen LogP) is 0.924. The van der Waals surface area contributed by atoms with Crippen LogP contribution in [0, 0.1) is 6.92 Å². The van der Waals surface area contributed by atoms with Crippen LogP contribution in [0.5, 0.6) is 0 Å². The van der Waals surface area contributed by atoms with Crippen molar-refractivity contribution in [2.24, 2.45) is 0 Å². The van der Waals surface area contributed by atoms with Crippen LogP contribution in [0.1, 0.15) is 6.42 Å². The third-order valence-electron chi connectivity index (χ3n) is 1.57. The first-order valence-electron chi connectivity index (χ1n) is 3.51. The second kappa shape index (κ2) is 4.21. The molecular weight excluding hydrogens is 148 g/mol. The minimum Gasteiger partial charge on any atom is -0.376 e. The molecule has 1 saturated heterocycles. The average Bonchev–Trinajstić information content (AvgIpc) is 2.05. The van der Waals surface area contributed by atoms with Gasteiger partial charge in [0.05, 0.1) is 25.9 Å². The van der Waals surface area contributed by atoms with Gasteiger partial charge < -0.3 is 9.47 Å². The summed E-state index contributed by atoms with van der Waals surface area (Å²) in [5.41, 5.74) is 0. The van der Waals surface area contributed by atoms with E-state index >= 15 is 0 Å². The van der Waals surface area contributed by atoms with E-state index in [1.165, 1.54) is 0 Å². The normalized spacial score (nSPS) is 30.0. The Balaban J connectivity index is 2.24. The van der Waals surface area contributed by atoms with E-state index in [9.17, 15) is 0 Å². The summed E-state index contributed by atoms with van der Waals surface area (Å²) in [7, 11) is 0. The predicted molar refractivity (Wildman–Crippen MR) is 43.3 cm³/mol. The second-order valence-electron chi connectivity index (χ2n) is 2.34. The molecule has 10 heavy (non-hydrogen) atoms. The van der Waals surface area contributed by atoms with E-state index < -0.39 is 0 Å². The maximum Gasteiger partial charge on any atom is 0.0925 e. The van der Waals surface area contributed by atoms with Gasteiger partial charge in [0.25, 0.3) is 0 Å². The molecule has 3 heteroatoms. The van der Waals surface area contributed by atoms with Crippen molar-refractivity contribution in [2.45, 2.75) is 17.8 Å². The van der Waals surface area contributed by atoms with Crippen molar-refractivity contribution in [3.63, 3.8) is 0 Å². The maximum absolute atomic E-state index is 5.39. The average molecular weight is 161 g/mol. The monoisotopic (exact) mass is 161 g/mol. The van der Waals surface area contributed by atoms with E-state index in [1.807, 2.05) is 0 Å². The number of hydrogen-bond donors (Lipinski definition) is 1. The van der Waals surface area contributed by atoms with Crippen molar-refractivity contribution >= 4 is 12.6 Å². The van der Waals surface area contributed by atoms with Crippen LogP contribution in [0.4, 0.5) is 0 Å². The van der Waals surface area contributed by atoms with Gasteiger partial charge in [-0.15, -0.1) is 0 Å². The molecule has 1 rings (SSSR count). The number of hydrogen-bond acceptors (Lipinski definition) is 3. The fraction of sp³-hybridized carbons (Fsp3) is 0.857. The molecule has 1 radical (unpaired) electrons. The molecule has 2 unspecified atom stereocenters. The fourth-order valence-corrected chi connectivity index (χ4v) is 1.09. The van der Waals surface area contributed by atoms with E-state index in [-0.39, 0.29) is 11.4 Å². The highest BCUT2D eigenvalue weighted by Crippen LogP contribution is 2.13. The Bertz CT molecular complexity index is 91.6. The lowest BCUT2D eigenvalue weighted by Gasteiger charge is -2.26. The fourth-order valence-electron chi connectivity index (χ4n) is 0.914. The third-order valence-corrected chi connectivity index (χ3v) is 2.16. The van der Waals surface area contributed by atoms with Gasteiger partial charge in [0.15, 0.2) is 0 Å². The van der Waals surface area contributed by atoms with Gasteiger partial charge in [0, 0.05) is 5.25 Å². The summed E-state index contributed by atoms with van der Waals surface area (Å²) >= 11 is 4.31. The molecule has 0 N–H and O–H groups in total. The van der Waals surface area contributed by atoms with Crippen LogP contribution in [-0.2, 0) is 9.47 Å². The van der Waals surface area contributed by atoms with Crippen molar-refractivity contribution in [1.29, 1.82) is 0 Å². The largest absolute Gasteiger partial charge is 0.376 e. The van der Waals surface area contributed by atoms with Crippen LogP contribution in [0.2, 0.25) is 0 Å². The molecule has 0 aromatic carbocycles. The lowest BCUT2D eigenvalue weighted by atomic mass is 10.2. The highest BCUT2D eigenvalue weighted by Gasteiger charge is 2.20. The Kier molecular flexibility index (Phi) is 3.52. The van der Waals surface area contributed by atoms with E-state index in [4.69, 9.17) is 9.47 Å². The quantitative estimate of drug-likeness (QED) is 0.607. The standard InChI is InChI=1S/C7H13O2S/c1-2-7(10)6-5-8-3-4-9-6/h6-7,10H,1-5H2. The van der Waals surface area contributed by atoms with E-state index in [2.05, 4.69) is 19.6 Å². The Hall–Kier alpha value is 0.270. The first kappa shape index (κ1) is 8.37. The zero-order valence-electron chi connectivity index (χ0n) is 5.95. The molecule has 0 saturated carbocycles. The van der Waals surface area contributed by atoms with Crippen LogP contribution in [-0.4, -0.2) is 31.2 Å². The van der Waals surface area contributed by atoms with Gasteiger partial charge in [-0.3, -0.25) is 0 Å². The summed E-state index contributed by atoms with van der Waals surface area (Å²) < 4.78 is 10.6. The van der Waals surface area contributed by atoms with E-state index in [0.29, 0.717) is 19.8 Å². The van der Waals surface area contributed by atoms with Gasteiger partial charge in [-0.1, -0.05) is 6.92 Å². The molecule has 1 aliphatic rings. The molecule has 59 valence electrons. The highest BCUT2D eigenvalue weighted by molar-refractivity contribution is 7.81. The number of rotatable bonds is 2. The van der Waals surface area contributed by atoms with Crippen molar-refractivity contribution in [1.82, 2.24) is 0 Å². The first-order chi connectivity index (χ1) is 4.84. The summed E-state index contributed by atoms with van der Waals surface area (Å²) in [6.45, 7) is 5.83. The molecular formula is C7H13O2S. The molecule has 1 heterocycles. The van der Waals surface area contributed by atoms with Gasteiger partial charge in [-0.05, 0) is 6.42 Å². The highest BCUT2D eigenvalue weighted by atomic mass is 32.1. The minimum absolute atomic E-state index is 0.148. The van der Waals surface area contributed by atoms with Crippen LogP contribution >= 0.6 is 12.6 Å². The van der Waals surface area contributed by atoms with Crippen molar-refractivity contribution in [2.75, 3.05) is 19.8 Å². The van der Waals surface area contributed by atoms with Crippen LogP contribution < -0.4 is 0 Å². The summed E-state index contributed by atoms with van der Waals surface area (Å²) in [6, 6.07) is 0. The number of thiol groups is 1. The molecule has 0 spiro atoms. The Morgan fingerprint density at radius 1 is 1.60 bits per heavy atom. The molecule has 0 amide bonds. The topological polar surface area (TPSA) is 18.5 Å². The molecule has 2 nitrogen and oxygen atoms in total. The smallest absolute Gasteiger partial charge is 0.0925 e. The molecule has 1 aliphatic heterocycles. The number of ether oxygens (including phenoxy) is 2. The van der Waals surface area contributed by atoms with Gasteiger partial charge in [-0.25, -0.2) is 0 Å². The van der Waals surface area contributed by atoms with Crippen molar-refractivity contribution in [3.8, 4) is 0 Å². The van der Waals surface area contributed by atoms with Crippen molar-refractivity contribution < 1.29 is 9.47 Å². The van der Waals surface area contributed by atoms with Gasteiger partial charge >= 0.3 is 0 Å². The maximum atomic E-state index is 5.39. The van der Waals surface area contributed by atoms with Gasteiger partial charge in [0.2, 0.25) is 0 Å². The molecule has 1 fully saturated rings. The summed E-state index contributed by atoms with van der Waals surface area (Å²) in [6.07, 6.45) is 0.937. The first-order valence-corrected chi connectivity index (χ1v) is 4.03. The zero-order valence-corrected chi connectivity index (χ0v) is 6.85.